The lowest BCUT2D eigenvalue weighted by molar-refractivity contribution is -0.172. The quantitative estimate of drug-likeness (QED) is 0.791. The Kier molecular flexibility index (Phi) is 4.94. The Hall–Kier alpha value is -0.890. The number of nitrogens with zero attached hydrogens (tertiary/aromatic N) is 2. The number of aryl methyl sites for hydroxylation is 1. The van der Waals surface area contributed by atoms with E-state index in [2.05, 4.69) is 19.4 Å². The van der Waals surface area contributed by atoms with Gasteiger partial charge in [0.15, 0.2) is 0 Å². The Morgan fingerprint density at radius 2 is 2.19 bits per heavy atom. The number of ether oxygens (including phenoxy) is 1. The molecule has 0 radical (unpaired) electrons. The molecule has 0 atom stereocenters. The molecule has 0 aliphatic rings. The van der Waals surface area contributed by atoms with Crippen molar-refractivity contribution >= 4 is 16.7 Å². The van der Waals surface area contributed by atoms with Gasteiger partial charge in [0.05, 0.1) is 6.61 Å². The molecule has 0 aliphatic carbocycles. The van der Waals surface area contributed by atoms with Gasteiger partial charge >= 0.3 is 6.18 Å². The third-order valence-corrected chi connectivity index (χ3v) is 2.28. The lowest BCUT2D eigenvalue weighted by atomic mass is 10.5. The van der Waals surface area contributed by atoms with E-state index in [-0.39, 0.29) is 13.2 Å². The minimum absolute atomic E-state index is 0.0133. The van der Waals surface area contributed by atoms with Crippen LogP contribution in [0.4, 0.5) is 18.3 Å². The topological polar surface area (TPSA) is 47.0 Å². The van der Waals surface area contributed by atoms with Crippen LogP contribution in [0.5, 0.6) is 0 Å². The average molecular weight is 255 g/mol. The summed E-state index contributed by atoms with van der Waals surface area (Å²) in [5, 5.41) is 3.44. The van der Waals surface area contributed by atoms with Crippen LogP contribution in [0.15, 0.2) is 0 Å². The lowest BCUT2D eigenvalue weighted by Crippen LogP contribution is -2.20. The van der Waals surface area contributed by atoms with E-state index in [1.54, 1.807) is 0 Å². The van der Waals surface area contributed by atoms with Crippen LogP contribution in [0.2, 0.25) is 0 Å². The number of halogens is 3. The zero-order chi connectivity index (χ0) is 12.0. The van der Waals surface area contributed by atoms with Crippen LogP contribution < -0.4 is 5.32 Å². The van der Waals surface area contributed by atoms with Crippen LogP contribution in [0.1, 0.15) is 12.7 Å². The van der Waals surface area contributed by atoms with Crippen LogP contribution in [0.3, 0.4) is 0 Å². The fraction of sp³-hybridized carbons (Fsp3) is 0.750. The molecular weight excluding hydrogens is 243 g/mol. The van der Waals surface area contributed by atoms with Crippen molar-refractivity contribution in [3.63, 3.8) is 0 Å². The van der Waals surface area contributed by atoms with Crippen molar-refractivity contribution in [1.82, 2.24) is 9.36 Å². The summed E-state index contributed by atoms with van der Waals surface area (Å²) in [6.45, 7) is 0.984. The maximum Gasteiger partial charge on any atom is 0.411 e. The molecule has 0 aromatic carbocycles. The maximum atomic E-state index is 11.7. The highest BCUT2D eigenvalue weighted by atomic mass is 32.1. The molecule has 0 saturated heterocycles. The molecule has 0 saturated carbocycles. The molecule has 0 fully saturated rings. The minimum atomic E-state index is -4.27. The predicted molar refractivity (Wildman–Crippen MR) is 54.7 cm³/mol. The molecule has 92 valence electrons. The average Bonchev–Trinajstić information content (AvgIpc) is 2.63. The van der Waals surface area contributed by atoms with Crippen LogP contribution in [-0.2, 0) is 11.2 Å². The highest BCUT2D eigenvalue weighted by Gasteiger charge is 2.27. The van der Waals surface area contributed by atoms with Crippen molar-refractivity contribution in [2.24, 2.45) is 0 Å². The van der Waals surface area contributed by atoms with Crippen molar-refractivity contribution in [3.05, 3.63) is 5.82 Å². The van der Waals surface area contributed by atoms with E-state index in [1.807, 2.05) is 6.92 Å². The summed E-state index contributed by atoms with van der Waals surface area (Å²) < 4.78 is 43.5. The van der Waals surface area contributed by atoms with E-state index in [9.17, 15) is 13.2 Å². The highest BCUT2D eigenvalue weighted by Crippen LogP contribution is 2.14. The second-order valence-electron chi connectivity index (χ2n) is 2.96. The normalized spacial score (nSPS) is 11.8. The van der Waals surface area contributed by atoms with Crippen molar-refractivity contribution in [1.29, 1.82) is 0 Å². The molecule has 0 bridgehead atoms. The zero-order valence-electron chi connectivity index (χ0n) is 8.67. The van der Waals surface area contributed by atoms with Crippen molar-refractivity contribution in [2.45, 2.75) is 19.5 Å². The molecule has 8 heteroatoms. The number of rotatable bonds is 6. The van der Waals surface area contributed by atoms with Gasteiger partial charge in [-0.25, -0.2) is 4.98 Å². The first-order valence-electron chi connectivity index (χ1n) is 4.72. The summed E-state index contributed by atoms with van der Waals surface area (Å²) >= 11 is 1.19. The Morgan fingerprint density at radius 1 is 1.44 bits per heavy atom. The van der Waals surface area contributed by atoms with Gasteiger partial charge in [-0.3, -0.25) is 0 Å². The summed E-state index contributed by atoms with van der Waals surface area (Å²) in [4.78, 5) is 4.09. The van der Waals surface area contributed by atoms with Crippen molar-refractivity contribution in [3.8, 4) is 0 Å². The third kappa shape index (κ3) is 5.26. The number of alkyl halides is 3. The Morgan fingerprint density at radius 3 is 2.75 bits per heavy atom. The molecule has 1 heterocycles. The second kappa shape index (κ2) is 6.00. The number of hydrogen-bond donors (Lipinski definition) is 1. The fourth-order valence-electron chi connectivity index (χ4n) is 0.887. The molecule has 0 spiro atoms. The lowest BCUT2D eigenvalue weighted by Gasteiger charge is -2.07. The zero-order valence-corrected chi connectivity index (χ0v) is 9.49. The summed E-state index contributed by atoms with van der Waals surface area (Å²) in [5.74, 6) is 0.726. The van der Waals surface area contributed by atoms with Crippen molar-refractivity contribution in [2.75, 3.05) is 25.1 Å². The maximum absolute atomic E-state index is 11.7. The first kappa shape index (κ1) is 13.2. The van der Waals surface area contributed by atoms with E-state index in [0.717, 1.165) is 12.2 Å². The third-order valence-electron chi connectivity index (χ3n) is 1.57. The SMILES string of the molecule is CCc1nsc(NCCOCC(F)(F)F)n1. The molecule has 1 aromatic rings. The largest absolute Gasteiger partial charge is 0.411 e. The van der Waals surface area contributed by atoms with E-state index >= 15 is 0 Å². The van der Waals surface area contributed by atoms with Gasteiger partial charge in [-0.15, -0.1) is 0 Å². The Bertz CT molecular complexity index is 316. The van der Waals surface area contributed by atoms with Crippen molar-refractivity contribution < 1.29 is 17.9 Å². The predicted octanol–water partition coefficient (Wildman–Crippen LogP) is 2.09. The van der Waals surface area contributed by atoms with Crippen LogP contribution in [0, 0.1) is 0 Å². The molecule has 16 heavy (non-hydrogen) atoms. The van der Waals surface area contributed by atoms with Crippen LogP contribution in [-0.4, -0.2) is 35.3 Å². The summed E-state index contributed by atoms with van der Waals surface area (Å²) in [5.41, 5.74) is 0. The van der Waals surface area contributed by atoms with Gasteiger partial charge in [0.2, 0.25) is 5.13 Å². The van der Waals surface area contributed by atoms with Gasteiger partial charge in [0.25, 0.3) is 0 Å². The molecular formula is C8H12F3N3OS. The molecule has 1 aromatic heterocycles. The summed E-state index contributed by atoms with van der Waals surface area (Å²) in [7, 11) is 0. The Balaban J connectivity index is 2.11. The molecule has 0 amide bonds. The van der Waals surface area contributed by atoms with Crippen LogP contribution >= 0.6 is 11.5 Å². The first-order chi connectivity index (χ1) is 7.51. The molecule has 1 N–H and O–H groups in total. The number of anilines is 1. The molecule has 0 aliphatic heterocycles. The number of nitrogens with one attached hydrogen (secondary N) is 1. The van der Waals surface area contributed by atoms with Gasteiger partial charge in [-0.1, -0.05) is 6.92 Å². The van der Waals surface area contributed by atoms with E-state index < -0.39 is 12.8 Å². The smallest absolute Gasteiger partial charge is 0.370 e. The van der Waals surface area contributed by atoms with E-state index in [4.69, 9.17) is 0 Å². The molecule has 4 nitrogen and oxygen atoms in total. The number of aromatic nitrogens is 2. The van der Waals surface area contributed by atoms with E-state index in [1.165, 1.54) is 11.5 Å². The summed E-state index contributed by atoms with van der Waals surface area (Å²) in [6, 6.07) is 0. The van der Waals surface area contributed by atoms with Crippen LogP contribution in [0.25, 0.3) is 0 Å². The highest BCUT2D eigenvalue weighted by molar-refractivity contribution is 7.09. The Labute approximate surface area is 95.0 Å². The van der Waals surface area contributed by atoms with E-state index in [0.29, 0.717) is 5.13 Å². The minimum Gasteiger partial charge on any atom is -0.370 e. The number of hydrogen-bond acceptors (Lipinski definition) is 5. The fourth-order valence-corrected chi connectivity index (χ4v) is 1.56. The molecule has 0 unspecified atom stereocenters. The van der Waals surface area contributed by atoms with Gasteiger partial charge in [0, 0.05) is 24.5 Å². The van der Waals surface area contributed by atoms with Gasteiger partial charge in [-0.05, 0) is 0 Å². The summed E-state index contributed by atoms with van der Waals surface area (Å²) in [6.07, 6.45) is -3.53. The molecule has 1 rings (SSSR count). The second-order valence-corrected chi connectivity index (χ2v) is 3.72. The monoisotopic (exact) mass is 255 g/mol. The van der Waals surface area contributed by atoms with Gasteiger partial charge in [0.1, 0.15) is 12.4 Å². The van der Waals surface area contributed by atoms with Gasteiger partial charge < -0.3 is 10.1 Å². The first-order valence-corrected chi connectivity index (χ1v) is 5.49. The van der Waals surface area contributed by atoms with Gasteiger partial charge in [-0.2, -0.15) is 17.5 Å². The standard InChI is InChI=1S/C8H12F3N3OS/c1-2-6-13-7(16-14-6)12-3-4-15-5-8(9,10)11/h2-5H2,1H3,(H,12,13,14).